The van der Waals surface area contributed by atoms with Crippen molar-refractivity contribution < 1.29 is 19.3 Å². The van der Waals surface area contributed by atoms with E-state index in [1.165, 1.54) is 0 Å². The van der Waals surface area contributed by atoms with Gasteiger partial charge in [-0.25, -0.2) is 4.68 Å². The van der Waals surface area contributed by atoms with Crippen LogP contribution in [0.3, 0.4) is 0 Å². The van der Waals surface area contributed by atoms with E-state index in [2.05, 4.69) is 16.9 Å². The van der Waals surface area contributed by atoms with Gasteiger partial charge >= 0.3 is 0 Å². The summed E-state index contributed by atoms with van der Waals surface area (Å²) in [5, 5.41) is 17.5. The Morgan fingerprint density at radius 3 is 2.27 bits per heavy atom. The Morgan fingerprint density at radius 2 is 1.82 bits per heavy atom. The summed E-state index contributed by atoms with van der Waals surface area (Å²) in [5.74, 6) is 1.54. The molecule has 0 unspecified atom stereocenters. The van der Waals surface area contributed by atoms with Crippen LogP contribution in [-0.4, -0.2) is 41.4 Å². The molecule has 7 nitrogen and oxygen atoms in total. The molecule has 0 amide bonds. The van der Waals surface area contributed by atoms with Crippen molar-refractivity contribution in [1.82, 2.24) is 15.0 Å². The van der Waals surface area contributed by atoms with Crippen LogP contribution in [-0.2, 0) is 13.2 Å². The molecule has 0 aliphatic rings. The Balaban J connectivity index is 2.66. The van der Waals surface area contributed by atoms with Gasteiger partial charge in [0.1, 0.15) is 5.69 Å². The molecule has 0 saturated heterocycles. The highest BCUT2D eigenvalue weighted by atomic mass is 16.5. The topological polar surface area (TPSA) is 78.6 Å². The summed E-state index contributed by atoms with van der Waals surface area (Å²) in [7, 11) is 4.64. The molecule has 0 fully saturated rings. The van der Waals surface area contributed by atoms with Gasteiger partial charge in [0.25, 0.3) is 0 Å². The highest BCUT2D eigenvalue weighted by Gasteiger charge is 2.19. The van der Waals surface area contributed by atoms with Crippen LogP contribution in [0.25, 0.3) is 11.3 Å². The van der Waals surface area contributed by atoms with Crippen molar-refractivity contribution in [3.05, 3.63) is 30.5 Å². The second-order valence-corrected chi connectivity index (χ2v) is 4.43. The van der Waals surface area contributed by atoms with E-state index in [1.54, 1.807) is 44.2 Å². The van der Waals surface area contributed by atoms with Gasteiger partial charge in [-0.3, -0.25) is 0 Å². The number of nitrogens with zero attached hydrogens (tertiary/aromatic N) is 3. The van der Waals surface area contributed by atoms with E-state index in [4.69, 9.17) is 14.2 Å². The van der Waals surface area contributed by atoms with E-state index in [1.807, 2.05) is 0 Å². The van der Waals surface area contributed by atoms with Crippen molar-refractivity contribution in [2.24, 2.45) is 0 Å². The Morgan fingerprint density at radius 1 is 1.18 bits per heavy atom. The van der Waals surface area contributed by atoms with Crippen molar-refractivity contribution in [2.75, 3.05) is 21.3 Å². The molecule has 118 valence electrons. The fourth-order valence-electron chi connectivity index (χ4n) is 2.24. The maximum absolute atomic E-state index is 9.49. The SMILES string of the molecule is C=CCn1nnc(CO)c1-c1cc(OC)c(OC)c(OC)c1. The molecule has 2 rings (SSSR count). The molecular formula is C15H19N3O4. The van der Waals surface area contributed by atoms with Crippen LogP contribution in [0.4, 0.5) is 0 Å². The van der Waals surface area contributed by atoms with Crippen molar-refractivity contribution in [2.45, 2.75) is 13.2 Å². The van der Waals surface area contributed by atoms with Gasteiger partial charge in [0.05, 0.1) is 40.2 Å². The summed E-state index contributed by atoms with van der Waals surface area (Å²) in [5.41, 5.74) is 1.91. The normalized spacial score (nSPS) is 10.4. The lowest BCUT2D eigenvalue weighted by molar-refractivity contribution is 0.277. The molecule has 7 heteroatoms. The first kappa shape index (κ1) is 15.8. The molecule has 1 heterocycles. The maximum atomic E-state index is 9.49. The molecule has 0 aliphatic carbocycles. The summed E-state index contributed by atoms with van der Waals surface area (Å²) < 4.78 is 17.7. The predicted molar refractivity (Wildman–Crippen MR) is 81.2 cm³/mol. The molecule has 0 radical (unpaired) electrons. The van der Waals surface area contributed by atoms with Crippen molar-refractivity contribution in [3.63, 3.8) is 0 Å². The van der Waals surface area contributed by atoms with Gasteiger partial charge in [-0.15, -0.1) is 11.7 Å². The van der Waals surface area contributed by atoms with Crippen LogP contribution in [0.5, 0.6) is 17.2 Å². The van der Waals surface area contributed by atoms with Crippen molar-refractivity contribution in [3.8, 4) is 28.5 Å². The van der Waals surface area contributed by atoms with E-state index >= 15 is 0 Å². The third-order valence-electron chi connectivity index (χ3n) is 3.19. The molecular weight excluding hydrogens is 286 g/mol. The molecule has 22 heavy (non-hydrogen) atoms. The van der Waals surface area contributed by atoms with Gasteiger partial charge in [0.2, 0.25) is 5.75 Å². The maximum Gasteiger partial charge on any atom is 0.203 e. The summed E-state index contributed by atoms with van der Waals surface area (Å²) in [6, 6.07) is 3.58. The van der Waals surface area contributed by atoms with Gasteiger partial charge in [-0.05, 0) is 12.1 Å². The molecule has 2 aromatic rings. The molecule has 0 bridgehead atoms. The zero-order chi connectivity index (χ0) is 16.1. The first-order chi connectivity index (χ1) is 10.7. The number of hydrogen-bond donors (Lipinski definition) is 1. The second kappa shape index (κ2) is 6.95. The smallest absolute Gasteiger partial charge is 0.203 e. The molecule has 0 spiro atoms. The Labute approximate surface area is 128 Å². The average molecular weight is 305 g/mol. The standard InChI is InChI=1S/C15H19N3O4/c1-5-6-18-14(11(9-19)16-17-18)10-7-12(20-2)15(22-4)13(8-10)21-3/h5,7-8,19H,1,6,9H2,2-4H3. The zero-order valence-electron chi connectivity index (χ0n) is 12.9. The van der Waals surface area contributed by atoms with Crippen LogP contribution in [0.1, 0.15) is 5.69 Å². The number of hydrogen-bond acceptors (Lipinski definition) is 6. The fraction of sp³-hybridized carbons (Fsp3) is 0.333. The van der Waals surface area contributed by atoms with E-state index in [-0.39, 0.29) is 6.61 Å². The van der Waals surface area contributed by atoms with Crippen LogP contribution in [0.15, 0.2) is 24.8 Å². The number of aliphatic hydroxyl groups is 1. The van der Waals surface area contributed by atoms with Crippen molar-refractivity contribution >= 4 is 0 Å². The lowest BCUT2D eigenvalue weighted by Crippen LogP contribution is -2.02. The monoisotopic (exact) mass is 305 g/mol. The Kier molecular flexibility index (Phi) is 5.00. The van der Waals surface area contributed by atoms with Crippen molar-refractivity contribution in [1.29, 1.82) is 0 Å². The number of aromatic nitrogens is 3. The van der Waals surface area contributed by atoms with Crippen LogP contribution in [0.2, 0.25) is 0 Å². The first-order valence-electron chi connectivity index (χ1n) is 6.64. The molecule has 1 aromatic heterocycles. The number of allylic oxidation sites excluding steroid dienone is 1. The van der Waals surface area contributed by atoms with Gasteiger partial charge in [0.15, 0.2) is 11.5 Å². The molecule has 1 aromatic carbocycles. The molecule has 0 aliphatic heterocycles. The van der Waals surface area contributed by atoms with Crippen LogP contribution < -0.4 is 14.2 Å². The number of methoxy groups -OCH3 is 3. The highest BCUT2D eigenvalue weighted by molar-refractivity contribution is 5.70. The molecule has 0 saturated carbocycles. The minimum absolute atomic E-state index is 0.219. The van der Waals surface area contributed by atoms with Gasteiger partial charge < -0.3 is 19.3 Å². The fourth-order valence-corrected chi connectivity index (χ4v) is 2.24. The first-order valence-corrected chi connectivity index (χ1v) is 6.64. The Hall–Kier alpha value is -2.54. The van der Waals surface area contributed by atoms with E-state index in [0.717, 1.165) is 5.56 Å². The van der Waals surface area contributed by atoms with Crippen LogP contribution in [0, 0.1) is 0 Å². The minimum Gasteiger partial charge on any atom is -0.493 e. The Bertz CT molecular complexity index is 642. The quantitative estimate of drug-likeness (QED) is 0.784. The van der Waals surface area contributed by atoms with E-state index in [9.17, 15) is 5.11 Å². The number of aliphatic hydroxyl groups excluding tert-OH is 1. The van der Waals surface area contributed by atoms with Gasteiger partial charge in [-0.2, -0.15) is 0 Å². The summed E-state index contributed by atoms with van der Waals surface area (Å²) in [4.78, 5) is 0. The second-order valence-electron chi connectivity index (χ2n) is 4.43. The average Bonchev–Trinajstić information content (AvgIpc) is 2.96. The summed E-state index contributed by atoms with van der Waals surface area (Å²) in [6.45, 7) is 3.95. The van der Waals surface area contributed by atoms with E-state index in [0.29, 0.717) is 35.2 Å². The third-order valence-corrected chi connectivity index (χ3v) is 3.19. The summed E-state index contributed by atoms with van der Waals surface area (Å²) in [6.07, 6.45) is 1.71. The predicted octanol–water partition coefficient (Wildman–Crippen LogP) is 1.65. The largest absolute Gasteiger partial charge is 0.493 e. The number of rotatable bonds is 7. The number of benzene rings is 1. The lowest BCUT2D eigenvalue weighted by atomic mass is 10.1. The van der Waals surface area contributed by atoms with E-state index < -0.39 is 0 Å². The van der Waals surface area contributed by atoms with Crippen LogP contribution >= 0.6 is 0 Å². The molecule has 0 atom stereocenters. The van der Waals surface area contributed by atoms with Gasteiger partial charge in [0, 0.05) is 5.56 Å². The minimum atomic E-state index is -0.219. The zero-order valence-corrected chi connectivity index (χ0v) is 12.9. The third kappa shape index (κ3) is 2.75. The molecule has 1 N–H and O–H groups in total. The summed E-state index contributed by atoms with van der Waals surface area (Å²) >= 11 is 0. The highest BCUT2D eigenvalue weighted by Crippen LogP contribution is 2.41. The van der Waals surface area contributed by atoms with Gasteiger partial charge in [-0.1, -0.05) is 11.3 Å². The lowest BCUT2D eigenvalue weighted by Gasteiger charge is -2.15. The number of ether oxygens (including phenoxy) is 3.